The number of nitrogens with one attached hydrogen (secondary N) is 2. The molecule has 0 spiro atoms. The zero-order valence-electron chi connectivity index (χ0n) is 9.58. The zero-order chi connectivity index (χ0) is 11.7. The van der Waals surface area contributed by atoms with Crippen LogP contribution < -0.4 is 5.32 Å². The number of aliphatic hydroxyl groups excluding tert-OH is 1. The number of aryl methyl sites for hydroxylation is 2. The molecule has 1 saturated carbocycles. The van der Waals surface area contributed by atoms with Crippen LogP contribution in [0, 0.1) is 13.8 Å². The molecule has 0 radical (unpaired) electrons. The fourth-order valence-electron chi connectivity index (χ4n) is 1.98. The molecule has 16 heavy (non-hydrogen) atoms. The number of nitrogens with zero attached hydrogens (tertiary/aromatic N) is 1. The Kier molecular flexibility index (Phi) is 2.96. The molecule has 5 nitrogen and oxygen atoms in total. The highest BCUT2D eigenvalue weighted by molar-refractivity contribution is 5.79. The summed E-state index contributed by atoms with van der Waals surface area (Å²) in [5.41, 5.74) is 2.79. The molecule has 0 bridgehead atoms. The van der Waals surface area contributed by atoms with Crippen molar-refractivity contribution < 1.29 is 9.90 Å². The summed E-state index contributed by atoms with van der Waals surface area (Å²) in [6.07, 6.45) is 1.48. The summed E-state index contributed by atoms with van der Waals surface area (Å²) in [6, 6.07) is 0.148. The summed E-state index contributed by atoms with van der Waals surface area (Å²) in [5, 5.41) is 18.9. The number of aromatic nitrogens is 2. The van der Waals surface area contributed by atoms with Gasteiger partial charge in [0.15, 0.2) is 0 Å². The number of amides is 1. The Labute approximate surface area is 94.2 Å². The van der Waals surface area contributed by atoms with Gasteiger partial charge in [-0.15, -0.1) is 0 Å². The van der Waals surface area contributed by atoms with Crippen LogP contribution in [0.25, 0.3) is 0 Å². The lowest BCUT2D eigenvalue weighted by molar-refractivity contribution is -0.122. The molecule has 0 saturated heterocycles. The molecule has 3 N–H and O–H groups in total. The van der Waals surface area contributed by atoms with Crippen LogP contribution in [0.4, 0.5) is 0 Å². The van der Waals surface area contributed by atoms with Crippen LogP contribution in [0.2, 0.25) is 0 Å². The molecule has 1 amide bonds. The predicted molar refractivity (Wildman–Crippen MR) is 58.9 cm³/mol. The van der Waals surface area contributed by atoms with Gasteiger partial charge in [-0.1, -0.05) is 0 Å². The van der Waals surface area contributed by atoms with Gasteiger partial charge >= 0.3 is 0 Å². The first-order chi connectivity index (χ1) is 7.56. The maximum atomic E-state index is 11.7. The fraction of sp³-hybridized carbons (Fsp3) is 0.636. The molecule has 1 aliphatic carbocycles. The quantitative estimate of drug-likeness (QED) is 0.685. The van der Waals surface area contributed by atoms with Gasteiger partial charge in [-0.2, -0.15) is 5.10 Å². The first-order valence-corrected chi connectivity index (χ1v) is 5.54. The topological polar surface area (TPSA) is 78.0 Å². The van der Waals surface area contributed by atoms with E-state index in [9.17, 15) is 4.79 Å². The van der Waals surface area contributed by atoms with E-state index in [1.165, 1.54) is 0 Å². The molecule has 0 aromatic carbocycles. The smallest absolute Gasteiger partial charge is 0.224 e. The van der Waals surface area contributed by atoms with Gasteiger partial charge in [0.1, 0.15) is 0 Å². The molecule has 1 heterocycles. The third-order valence-electron chi connectivity index (χ3n) is 3.10. The van der Waals surface area contributed by atoms with E-state index in [4.69, 9.17) is 5.11 Å². The van der Waals surface area contributed by atoms with E-state index in [1.807, 2.05) is 13.8 Å². The summed E-state index contributed by atoms with van der Waals surface area (Å²) >= 11 is 0. The highest BCUT2D eigenvalue weighted by Gasteiger charge is 2.28. The van der Waals surface area contributed by atoms with Crippen LogP contribution in [0.1, 0.15) is 29.8 Å². The largest absolute Gasteiger partial charge is 0.393 e. The fourth-order valence-corrected chi connectivity index (χ4v) is 1.98. The van der Waals surface area contributed by atoms with Crippen molar-refractivity contribution in [1.82, 2.24) is 15.5 Å². The Hall–Kier alpha value is -1.36. The van der Waals surface area contributed by atoms with Crippen LogP contribution in [0.5, 0.6) is 0 Å². The third kappa shape index (κ3) is 2.24. The van der Waals surface area contributed by atoms with Crippen molar-refractivity contribution in [2.24, 2.45) is 0 Å². The molecule has 1 aromatic rings. The highest BCUT2D eigenvalue weighted by Crippen LogP contribution is 2.19. The van der Waals surface area contributed by atoms with E-state index >= 15 is 0 Å². The number of aromatic amines is 1. The van der Waals surface area contributed by atoms with E-state index in [0.29, 0.717) is 19.3 Å². The normalized spacial score (nSPS) is 23.9. The Morgan fingerprint density at radius 2 is 2.25 bits per heavy atom. The van der Waals surface area contributed by atoms with Gasteiger partial charge in [-0.25, -0.2) is 0 Å². The van der Waals surface area contributed by atoms with Gasteiger partial charge in [-0.3, -0.25) is 9.89 Å². The minimum Gasteiger partial charge on any atom is -0.393 e. The second-order valence-corrected chi connectivity index (χ2v) is 4.48. The summed E-state index contributed by atoms with van der Waals surface area (Å²) in [6.45, 7) is 3.80. The number of hydrogen-bond donors (Lipinski definition) is 3. The number of carbonyl (C=O) groups is 1. The molecule has 0 unspecified atom stereocenters. The summed E-state index contributed by atoms with van der Waals surface area (Å²) in [5.74, 6) is 0.00417. The van der Waals surface area contributed by atoms with Crippen LogP contribution in [0.3, 0.4) is 0 Å². The van der Waals surface area contributed by atoms with Crippen molar-refractivity contribution in [3.8, 4) is 0 Å². The third-order valence-corrected chi connectivity index (χ3v) is 3.10. The molecular formula is C11H17N3O2. The zero-order valence-corrected chi connectivity index (χ0v) is 9.58. The number of aliphatic hydroxyl groups is 1. The van der Waals surface area contributed by atoms with E-state index in [-0.39, 0.29) is 18.1 Å². The molecule has 1 aliphatic rings. The summed E-state index contributed by atoms with van der Waals surface area (Å²) < 4.78 is 0. The predicted octanol–water partition coefficient (Wildman–Crippen LogP) is 0.209. The number of carbonyl (C=O) groups excluding carboxylic acids is 1. The molecule has 0 aliphatic heterocycles. The van der Waals surface area contributed by atoms with Crippen molar-refractivity contribution in [2.45, 2.75) is 45.3 Å². The van der Waals surface area contributed by atoms with Gasteiger partial charge < -0.3 is 10.4 Å². The Bertz CT molecular complexity index is 374. The van der Waals surface area contributed by atoms with Crippen LogP contribution in [-0.2, 0) is 11.2 Å². The minimum atomic E-state index is -0.234. The average molecular weight is 223 g/mol. The number of H-pyrrole nitrogens is 1. The van der Waals surface area contributed by atoms with Crippen molar-refractivity contribution in [3.63, 3.8) is 0 Å². The monoisotopic (exact) mass is 223 g/mol. The van der Waals surface area contributed by atoms with Crippen molar-refractivity contribution >= 4 is 5.91 Å². The van der Waals surface area contributed by atoms with Crippen LogP contribution >= 0.6 is 0 Å². The number of hydrogen-bond acceptors (Lipinski definition) is 3. The average Bonchev–Trinajstić information content (AvgIpc) is 2.47. The van der Waals surface area contributed by atoms with Gasteiger partial charge in [0.05, 0.1) is 18.2 Å². The summed E-state index contributed by atoms with van der Waals surface area (Å²) in [4.78, 5) is 11.7. The second-order valence-electron chi connectivity index (χ2n) is 4.48. The SMILES string of the molecule is Cc1n[nH]c(C)c1CC(=O)NC1CC(O)C1. The standard InChI is InChI=1S/C11H17N3O2/c1-6-10(7(2)14-13-6)5-11(16)12-8-3-9(15)4-8/h8-9,15H,3-5H2,1-2H3,(H,12,16)(H,13,14). The highest BCUT2D eigenvalue weighted by atomic mass is 16.3. The van der Waals surface area contributed by atoms with Crippen LogP contribution in [-0.4, -0.2) is 33.4 Å². The van der Waals surface area contributed by atoms with E-state index in [1.54, 1.807) is 0 Å². The molecule has 88 valence electrons. The lowest BCUT2D eigenvalue weighted by Crippen LogP contribution is -2.47. The van der Waals surface area contributed by atoms with Gasteiger partial charge in [0, 0.05) is 17.3 Å². The Morgan fingerprint density at radius 3 is 2.75 bits per heavy atom. The van der Waals surface area contributed by atoms with Crippen LogP contribution in [0.15, 0.2) is 0 Å². The summed E-state index contributed by atoms with van der Waals surface area (Å²) in [7, 11) is 0. The molecule has 0 atom stereocenters. The van der Waals surface area contributed by atoms with Gasteiger partial charge in [0.25, 0.3) is 0 Å². The van der Waals surface area contributed by atoms with Gasteiger partial charge in [0.2, 0.25) is 5.91 Å². The maximum absolute atomic E-state index is 11.7. The Morgan fingerprint density at radius 1 is 1.56 bits per heavy atom. The first-order valence-electron chi connectivity index (χ1n) is 5.54. The molecule has 1 fully saturated rings. The molecule has 1 aromatic heterocycles. The molecule has 2 rings (SSSR count). The number of rotatable bonds is 3. The van der Waals surface area contributed by atoms with E-state index in [2.05, 4.69) is 15.5 Å². The minimum absolute atomic E-state index is 0.00417. The van der Waals surface area contributed by atoms with Crippen molar-refractivity contribution in [2.75, 3.05) is 0 Å². The molecular weight excluding hydrogens is 206 g/mol. The van der Waals surface area contributed by atoms with Crippen molar-refractivity contribution in [1.29, 1.82) is 0 Å². The van der Waals surface area contributed by atoms with E-state index < -0.39 is 0 Å². The second kappa shape index (κ2) is 4.25. The Balaban J connectivity index is 1.88. The lowest BCUT2D eigenvalue weighted by atomic mass is 9.89. The molecule has 5 heteroatoms. The van der Waals surface area contributed by atoms with Crippen molar-refractivity contribution in [3.05, 3.63) is 17.0 Å². The van der Waals surface area contributed by atoms with Gasteiger partial charge in [-0.05, 0) is 26.7 Å². The maximum Gasteiger partial charge on any atom is 0.224 e. The first kappa shape index (κ1) is 11.1. The lowest BCUT2D eigenvalue weighted by Gasteiger charge is -2.31. The van der Waals surface area contributed by atoms with E-state index in [0.717, 1.165) is 17.0 Å².